The Bertz CT molecular complexity index is 3490. The van der Waals surface area contributed by atoms with Gasteiger partial charge in [0.1, 0.15) is 57.7 Å². The predicted molar refractivity (Wildman–Crippen MR) is 397 cm³/mol. The minimum absolute atomic E-state index is 0.0668. The summed E-state index contributed by atoms with van der Waals surface area (Å²) in [6, 6.07) is 26.4. The van der Waals surface area contributed by atoms with E-state index in [1.807, 2.05) is 84.9 Å². The maximum Gasteiger partial charge on any atom is 0.333 e. The summed E-state index contributed by atoms with van der Waals surface area (Å²) in [6.45, 7) is 36.0. The SMILES string of the molecule is C1CCC2=NCCCN2CC1.C=C(C)C(=O)Cl.C=C(C)C(=O)OCC(CSCC(C)C(=O)OCCc1ccc(OCOC)c(-n2nc3ccccc3n2)c1)OC(=O)C(=C)C.C=C(C)C(=O)OCCc1ccc(OCOC)c(-n2nc3ccccc3n2)c1.CCN(CC)CC.OCC(O)CS. The number of aliphatic hydroxyl groups excluding tert-OH is 2. The fourth-order valence-electron chi connectivity index (χ4n) is 8.74. The average Bonchev–Trinajstić information content (AvgIpc) is 1.64. The third-order valence-electron chi connectivity index (χ3n) is 14.4. The molecule has 0 saturated carbocycles. The van der Waals surface area contributed by atoms with E-state index in [0.717, 1.165) is 39.7 Å². The molecule has 100 heavy (non-hydrogen) atoms. The molecule has 2 aliphatic heterocycles. The molecule has 2 aliphatic rings. The van der Waals surface area contributed by atoms with Crippen molar-refractivity contribution in [1.82, 2.24) is 39.8 Å². The zero-order valence-electron chi connectivity index (χ0n) is 59.7. The van der Waals surface area contributed by atoms with E-state index in [2.05, 4.69) is 94.9 Å². The number of aromatic nitrogens is 6. The number of ether oxygens (including phenoxy) is 8. The molecule has 0 bridgehead atoms. The minimum Gasteiger partial charge on any atom is -0.465 e. The van der Waals surface area contributed by atoms with E-state index >= 15 is 0 Å². The third-order valence-corrected chi connectivity index (χ3v) is 16.5. The number of carbonyl (C=O) groups excluding carboxylic acids is 5. The van der Waals surface area contributed by atoms with Crippen LogP contribution in [0, 0.1) is 5.92 Å². The van der Waals surface area contributed by atoms with Crippen molar-refractivity contribution < 1.29 is 72.1 Å². The number of nitrogens with zero attached hydrogens (tertiary/aromatic N) is 9. The van der Waals surface area contributed by atoms with E-state index in [-0.39, 0.29) is 57.1 Å². The summed E-state index contributed by atoms with van der Waals surface area (Å²) in [6.07, 6.45) is 6.31. The summed E-state index contributed by atoms with van der Waals surface area (Å²) in [4.78, 5) is 70.2. The zero-order valence-corrected chi connectivity index (χ0v) is 62.1. The number of hydrogen-bond acceptors (Lipinski definition) is 24. The first-order chi connectivity index (χ1) is 47.9. The highest BCUT2D eigenvalue weighted by Gasteiger charge is 2.22. The summed E-state index contributed by atoms with van der Waals surface area (Å²) in [7, 11) is 3.10. The van der Waals surface area contributed by atoms with Crippen LogP contribution in [0.4, 0.5) is 0 Å². The Labute approximate surface area is 603 Å². The topological polar surface area (TPSA) is 280 Å². The van der Waals surface area contributed by atoms with E-state index in [1.165, 1.54) is 101 Å². The smallest absolute Gasteiger partial charge is 0.333 e. The van der Waals surface area contributed by atoms with Gasteiger partial charge in [-0.2, -0.15) is 24.4 Å². The Morgan fingerprint density at radius 2 is 1.10 bits per heavy atom. The number of amidine groups is 1. The Morgan fingerprint density at radius 1 is 0.640 bits per heavy atom. The first kappa shape index (κ1) is 86.3. The van der Waals surface area contributed by atoms with Crippen LogP contribution in [0.5, 0.6) is 11.5 Å². The van der Waals surface area contributed by atoms with Crippen LogP contribution >= 0.6 is 36.0 Å². The van der Waals surface area contributed by atoms with Crippen LogP contribution in [0.1, 0.15) is 98.6 Å². The Kier molecular flexibility index (Phi) is 42.1. The number of esters is 4. The van der Waals surface area contributed by atoms with Crippen molar-refractivity contribution in [2.24, 2.45) is 10.9 Å². The lowest BCUT2D eigenvalue weighted by molar-refractivity contribution is -0.152. The van der Waals surface area contributed by atoms with Crippen LogP contribution in [0.3, 0.4) is 0 Å². The van der Waals surface area contributed by atoms with E-state index in [0.29, 0.717) is 64.1 Å². The number of benzene rings is 4. The molecule has 3 atom stereocenters. The lowest BCUT2D eigenvalue weighted by atomic mass is 10.1. The number of fused-ring (bicyclic) bond motifs is 3. The molecule has 8 rings (SSSR count). The number of methoxy groups -OCH3 is 2. The highest BCUT2D eigenvalue weighted by molar-refractivity contribution is 7.99. The van der Waals surface area contributed by atoms with Gasteiger partial charge in [-0.1, -0.05) is 96.8 Å². The number of hydrogen-bond donors (Lipinski definition) is 3. The molecule has 0 aliphatic carbocycles. The predicted octanol–water partition coefficient (Wildman–Crippen LogP) is 11.1. The zero-order chi connectivity index (χ0) is 73.9. The molecule has 24 nitrogen and oxygen atoms in total. The van der Waals surface area contributed by atoms with Crippen LogP contribution in [-0.4, -0.2) is 208 Å². The van der Waals surface area contributed by atoms with Crippen LogP contribution < -0.4 is 9.47 Å². The number of aliphatic imine (C=N–C) groups is 1. The molecule has 4 heterocycles. The van der Waals surface area contributed by atoms with Gasteiger partial charge in [-0.3, -0.25) is 14.6 Å². The Hall–Kier alpha value is -7.95. The second-order valence-corrected chi connectivity index (χ2v) is 24.8. The summed E-state index contributed by atoms with van der Waals surface area (Å²) in [5, 5.41) is 34.0. The molecule has 548 valence electrons. The van der Waals surface area contributed by atoms with Gasteiger partial charge in [-0.25, -0.2) is 14.4 Å². The molecule has 2 N–H and O–H groups in total. The van der Waals surface area contributed by atoms with Gasteiger partial charge in [-0.05, 0) is 138 Å². The first-order valence-electron chi connectivity index (χ1n) is 33.1. The number of thioether (sulfide) groups is 1. The molecule has 1 saturated heterocycles. The summed E-state index contributed by atoms with van der Waals surface area (Å²) in [5.41, 5.74) is 7.51. The van der Waals surface area contributed by atoms with Crippen molar-refractivity contribution in [2.45, 2.75) is 113 Å². The molecule has 4 aromatic carbocycles. The average molecular weight is 1450 g/mol. The number of halogens is 1. The maximum absolute atomic E-state index is 12.7. The van der Waals surface area contributed by atoms with Gasteiger partial charge in [0.25, 0.3) is 0 Å². The van der Waals surface area contributed by atoms with Gasteiger partial charge in [0.15, 0.2) is 13.6 Å². The second-order valence-electron chi connectivity index (χ2n) is 23.0. The highest BCUT2D eigenvalue weighted by atomic mass is 35.5. The van der Waals surface area contributed by atoms with Crippen molar-refractivity contribution in [1.29, 1.82) is 0 Å². The second kappa shape index (κ2) is 48.8. The largest absolute Gasteiger partial charge is 0.465 e. The maximum atomic E-state index is 12.7. The molecule has 27 heteroatoms. The van der Waals surface area contributed by atoms with Crippen LogP contribution in [0.15, 0.2) is 139 Å². The van der Waals surface area contributed by atoms with Crippen LogP contribution in [0.2, 0.25) is 0 Å². The summed E-state index contributed by atoms with van der Waals surface area (Å²) < 4.78 is 42.7. The van der Waals surface area contributed by atoms with Gasteiger partial charge in [0.2, 0.25) is 5.24 Å². The monoisotopic (exact) mass is 1440 g/mol. The molecule has 3 unspecified atom stereocenters. The van der Waals surface area contributed by atoms with Gasteiger partial charge in [0.05, 0.1) is 37.7 Å². The Balaban J connectivity index is 0.000000381. The molecular formula is C73H102ClN9O15S2. The van der Waals surface area contributed by atoms with E-state index in [9.17, 15) is 24.0 Å². The van der Waals surface area contributed by atoms with Crippen molar-refractivity contribution in [3.8, 4) is 22.9 Å². The van der Waals surface area contributed by atoms with Crippen molar-refractivity contribution in [3.05, 3.63) is 145 Å². The molecule has 6 aromatic rings. The number of rotatable bonds is 31. The molecule has 0 radical (unpaired) electrons. The first-order valence-corrected chi connectivity index (χ1v) is 35.3. The van der Waals surface area contributed by atoms with Crippen molar-refractivity contribution in [2.75, 3.05) is 111 Å². The summed E-state index contributed by atoms with van der Waals surface area (Å²) >= 11 is 9.95. The van der Waals surface area contributed by atoms with Crippen LogP contribution in [-0.2, 0) is 65.2 Å². The number of thiol groups is 1. The standard InChI is InChI=1S/C31H37N3O8S.C20H21N3O4.C9H16N2.C6H15N.C4H5ClO.C3H8O2S/c1-20(2)29(35)40-16-24(42-30(36)21(3)4)18-43-17-22(5)31(37)39-14-13-23-11-12-28(41-19-38-6)27(15-23)34-32-25-9-7-8-10-26(25)33-34;1-14(2)20(24)26-11-10-15-8-9-19(27-13-25-3)18(12-15)23-21-16-6-4-5-7-17(16)22-23;1-2-5-9-10-6-4-8-11(9)7-3-1;1-4-7(5-2)6-3;1-3(2)4(5)6;4-1-3(5)2-6/h7-12,15,22,24H,1,3,13-14,16-19H2,2,4-6H3;4-9,12H,1,10-11,13H2,2-3H3;1-8H2;4-6H2,1-3H3;1H2,2H3;3-6H,1-2H2. The van der Waals surface area contributed by atoms with E-state index in [4.69, 9.17) is 59.7 Å². The van der Waals surface area contributed by atoms with Gasteiger partial charge < -0.3 is 57.9 Å². The normalized spacial score (nSPS) is 13.0. The van der Waals surface area contributed by atoms with Gasteiger partial charge >= 0.3 is 23.9 Å². The fourth-order valence-corrected chi connectivity index (χ4v) is 9.91. The van der Waals surface area contributed by atoms with Gasteiger partial charge in [0, 0.05) is 92.7 Å². The number of allylic oxidation sites excluding steroid dienone is 1. The highest BCUT2D eigenvalue weighted by Crippen LogP contribution is 2.27. The van der Waals surface area contributed by atoms with E-state index in [1.54, 1.807) is 39.8 Å². The molecule has 1 fully saturated rings. The van der Waals surface area contributed by atoms with Crippen molar-refractivity contribution in [3.63, 3.8) is 0 Å². The number of carbonyl (C=O) groups is 5. The lowest BCUT2D eigenvalue weighted by Gasteiger charge is -2.27. The molecule has 2 aromatic heterocycles. The van der Waals surface area contributed by atoms with E-state index < -0.39 is 41.3 Å². The molecular weight excluding hydrogens is 1340 g/mol. The van der Waals surface area contributed by atoms with Crippen LogP contribution in [0.25, 0.3) is 33.4 Å². The summed E-state index contributed by atoms with van der Waals surface area (Å²) in [5.74, 6) is 1.30. The third kappa shape index (κ3) is 32.6. The fraction of sp³-hybridized carbons (Fsp3) is 0.479. The molecule has 0 amide bonds. The number of aliphatic hydroxyl groups is 2. The van der Waals surface area contributed by atoms with Gasteiger partial charge in [-0.15, -0.1) is 30.0 Å². The molecule has 0 spiro atoms. The Morgan fingerprint density at radius 3 is 1.51 bits per heavy atom. The quantitative estimate of drug-likeness (QED) is 0.00910. The lowest BCUT2D eigenvalue weighted by Crippen LogP contribution is -2.34. The van der Waals surface area contributed by atoms with Crippen molar-refractivity contribution >= 4 is 93.0 Å². The minimum atomic E-state index is -0.701.